The van der Waals surface area contributed by atoms with Gasteiger partial charge in [-0.05, 0) is 124 Å². The molecule has 214 valence electrons. The molecule has 0 unspecified atom stereocenters. The van der Waals surface area contributed by atoms with Crippen molar-refractivity contribution in [3.05, 3.63) is 162 Å². The Hall–Kier alpha value is -5.08. The van der Waals surface area contributed by atoms with Crippen LogP contribution in [0.4, 0.5) is 0 Å². The molecule has 0 aliphatic rings. The van der Waals surface area contributed by atoms with Crippen molar-refractivity contribution in [1.29, 1.82) is 0 Å². The third kappa shape index (κ3) is 6.71. The van der Waals surface area contributed by atoms with Gasteiger partial charge in [-0.25, -0.2) is 0 Å². The topological polar surface area (TPSA) is 52.0 Å². The third-order valence-electron chi connectivity index (χ3n) is 7.80. The minimum Gasteiger partial charge on any atom is -0.405 e. The lowest BCUT2D eigenvalue weighted by atomic mass is 9.85. The standard InChI is InChI=1S/C41H40N2/c1-29(2)26-35-27-34(22-19-30(35)3)41-38-17-8-6-15-36(38)40(37-16-7-9-18-39(37)41)33-23-20-31(21-24-33)13-11-14-32(28-43)12-5-4-10-25-42/h4-11,14-28H,12-13,42-43H2,1-3H3/b5-4-,14-11-,25-10-,32-28-. The minimum absolute atomic E-state index is 0.769. The predicted molar refractivity (Wildman–Crippen MR) is 189 cm³/mol. The highest BCUT2D eigenvalue weighted by atomic mass is 14.5. The van der Waals surface area contributed by atoms with Crippen LogP contribution in [0.3, 0.4) is 0 Å². The summed E-state index contributed by atoms with van der Waals surface area (Å²) < 4.78 is 0. The zero-order chi connectivity index (χ0) is 30.2. The van der Waals surface area contributed by atoms with Crippen LogP contribution in [-0.4, -0.2) is 0 Å². The molecule has 0 aliphatic carbocycles. The van der Waals surface area contributed by atoms with Crippen molar-refractivity contribution in [2.45, 2.75) is 33.6 Å². The molecule has 0 radical (unpaired) electrons. The van der Waals surface area contributed by atoms with Crippen LogP contribution in [0.5, 0.6) is 0 Å². The number of rotatable bonds is 9. The molecule has 5 aromatic rings. The van der Waals surface area contributed by atoms with E-state index in [-0.39, 0.29) is 0 Å². The fourth-order valence-electron chi connectivity index (χ4n) is 5.71. The molecular formula is C41H40N2. The van der Waals surface area contributed by atoms with E-state index < -0.39 is 0 Å². The molecule has 2 heteroatoms. The quantitative estimate of drug-likeness (QED) is 0.139. The Bertz CT molecular complexity index is 1840. The first-order valence-electron chi connectivity index (χ1n) is 14.9. The summed E-state index contributed by atoms with van der Waals surface area (Å²) in [5.41, 5.74) is 22.4. The third-order valence-corrected chi connectivity index (χ3v) is 7.80. The monoisotopic (exact) mass is 560 g/mol. The molecule has 0 aliphatic heterocycles. The number of fused-ring (bicyclic) bond motifs is 2. The first-order valence-corrected chi connectivity index (χ1v) is 14.9. The smallest absolute Gasteiger partial charge is 0.00262 e. The number of hydrogen-bond acceptors (Lipinski definition) is 2. The van der Waals surface area contributed by atoms with Crippen LogP contribution in [0.1, 0.15) is 37.0 Å². The van der Waals surface area contributed by atoms with Crippen LogP contribution >= 0.6 is 0 Å². The van der Waals surface area contributed by atoms with Crippen LogP contribution in [0.15, 0.2) is 145 Å². The van der Waals surface area contributed by atoms with E-state index in [9.17, 15) is 0 Å². The van der Waals surface area contributed by atoms with Crippen LogP contribution in [0.2, 0.25) is 0 Å². The normalized spacial score (nSPS) is 12.3. The van der Waals surface area contributed by atoms with Gasteiger partial charge in [0, 0.05) is 0 Å². The van der Waals surface area contributed by atoms with E-state index in [1.807, 2.05) is 18.2 Å². The summed E-state index contributed by atoms with van der Waals surface area (Å²) in [4.78, 5) is 0. The van der Waals surface area contributed by atoms with Crippen molar-refractivity contribution in [3.8, 4) is 22.3 Å². The lowest BCUT2D eigenvalue weighted by molar-refractivity contribution is 1.22. The van der Waals surface area contributed by atoms with Crippen LogP contribution in [0, 0.1) is 6.92 Å². The maximum Gasteiger partial charge on any atom is -0.00262 e. The van der Waals surface area contributed by atoms with Gasteiger partial charge in [-0.1, -0.05) is 121 Å². The van der Waals surface area contributed by atoms with Gasteiger partial charge in [-0.2, -0.15) is 0 Å². The zero-order valence-electron chi connectivity index (χ0n) is 25.3. The molecule has 0 bridgehead atoms. The SMILES string of the molecule is CC(C)=Cc1cc(-c2c3ccccc3c(-c3ccc(C/C=C\C(=C/N)C/C=C\C=C/N)cc3)c3ccccc23)ccc1C. The molecule has 0 heterocycles. The first-order chi connectivity index (χ1) is 21.0. The summed E-state index contributed by atoms with van der Waals surface area (Å²) in [5.74, 6) is 0. The molecule has 4 N–H and O–H groups in total. The van der Waals surface area contributed by atoms with Crippen molar-refractivity contribution < 1.29 is 0 Å². The second kappa shape index (κ2) is 13.7. The Kier molecular flexibility index (Phi) is 9.39. The Morgan fingerprint density at radius 2 is 1.26 bits per heavy atom. The van der Waals surface area contributed by atoms with Crippen LogP contribution < -0.4 is 11.5 Å². The fourth-order valence-corrected chi connectivity index (χ4v) is 5.71. The van der Waals surface area contributed by atoms with Crippen molar-refractivity contribution in [2.24, 2.45) is 11.5 Å². The molecule has 0 atom stereocenters. The lowest BCUT2D eigenvalue weighted by Crippen LogP contribution is -1.92. The highest BCUT2D eigenvalue weighted by Gasteiger charge is 2.16. The molecule has 5 rings (SSSR count). The number of aryl methyl sites for hydroxylation is 1. The van der Waals surface area contributed by atoms with Crippen molar-refractivity contribution >= 4 is 27.6 Å². The van der Waals surface area contributed by atoms with E-state index in [1.54, 1.807) is 6.20 Å². The van der Waals surface area contributed by atoms with Gasteiger partial charge in [0.25, 0.3) is 0 Å². The Morgan fingerprint density at radius 3 is 1.81 bits per heavy atom. The second-order valence-electron chi connectivity index (χ2n) is 11.2. The molecule has 43 heavy (non-hydrogen) atoms. The van der Waals surface area contributed by atoms with E-state index in [1.165, 1.54) is 72.3 Å². The summed E-state index contributed by atoms with van der Waals surface area (Å²) in [7, 11) is 0. The van der Waals surface area contributed by atoms with E-state index >= 15 is 0 Å². The minimum atomic E-state index is 0.769. The molecule has 2 nitrogen and oxygen atoms in total. The predicted octanol–water partition coefficient (Wildman–Crippen LogP) is 10.4. The lowest BCUT2D eigenvalue weighted by Gasteiger charge is -2.18. The first kappa shape index (κ1) is 29.4. The van der Waals surface area contributed by atoms with Gasteiger partial charge < -0.3 is 11.5 Å². The second-order valence-corrected chi connectivity index (χ2v) is 11.2. The number of nitrogens with two attached hydrogens (primary N) is 2. The van der Waals surface area contributed by atoms with Gasteiger partial charge in [-0.15, -0.1) is 0 Å². The van der Waals surface area contributed by atoms with Crippen LogP contribution in [0.25, 0.3) is 49.9 Å². The average molecular weight is 561 g/mol. The summed E-state index contributed by atoms with van der Waals surface area (Å²) in [5, 5.41) is 5.08. The van der Waals surface area contributed by atoms with Crippen molar-refractivity contribution in [3.63, 3.8) is 0 Å². The largest absolute Gasteiger partial charge is 0.405 e. The molecule has 0 saturated carbocycles. The summed E-state index contributed by atoms with van der Waals surface area (Å²) in [6.07, 6.45) is 17.1. The maximum absolute atomic E-state index is 5.83. The molecule has 0 amide bonds. The van der Waals surface area contributed by atoms with E-state index in [4.69, 9.17) is 11.5 Å². The average Bonchev–Trinajstić information content (AvgIpc) is 3.02. The highest BCUT2D eigenvalue weighted by molar-refractivity contribution is 6.21. The van der Waals surface area contributed by atoms with Gasteiger partial charge >= 0.3 is 0 Å². The Labute approximate surface area is 256 Å². The van der Waals surface area contributed by atoms with E-state index in [0.717, 1.165) is 18.4 Å². The maximum atomic E-state index is 5.83. The van der Waals surface area contributed by atoms with Gasteiger partial charge in [-0.3, -0.25) is 0 Å². The molecular weight excluding hydrogens is 520 g/mol. The summed E-state index contributed by atoms with van der Waals surface area (Å²) in [6.45, 7) is 6.50. The zero-order valence-corrected chi connectivity index (χ0v) is 25.3. The molecule has 5 aromatic carbocycles. The van der Waals surface area contributed by atoms with Gasteiger partial charge in [0.2, 0.25) is 0 Å². The summed E-state index contributed by atoms with van der Waals surface area (Å²) in [6, 6.07) is 33.5. The molecule has 0 fully saturated rings. The molecule has 0 aromatic heterocycles. The molecule has 0 saturated heterocycles. The van der Waals surface area contributed by atoms with Crippen LogP contribution in [-0.2, 0) is 6.42 Å². The van der Waals surface area contributed by atoms with Crippen molar-refractivity contribution in [2.75, 3.05) is 0 Å². The Morgan fingerprint density at radius 1 is 0.674 bits per heavy atom. The van der Waals surface area contributed by atoms with E-state index in [2.05, 4.69) is 130 Å². The van der Waals surface area contributed by atoms with Gasteiger partial charge in [0.1, 0.15) is 0 Å². The number of hydrogen-bond donors (Lipinski definition) is 2. The Balaban J connectivity index is 1.55. The number of benzene rings is 5. The number of allylic oxidation sites excluding steroid dienone is 7. The fraction of sp³-hybridized carbons (Fsp3) is 0.122. The van der Waals surface area contributed by atoms with Gasteiger partial charge in [0.05, 0.1) is 0 Å². The van der Waals surface area contributed by atoms with Gasteiger partial charge in [0.15, 0.2) is 0 Å². The van der Waals surface area contributed by atoms with E-state index in [0.29, 0.717) is 0 Å². The summed E-state index contributed by atoms with van der Waals surface area (Å²) >= 11 is 0. The molecule has 0 spiro atoms. The van der Waals surface area contributed by atoms with Crippen molar-refractivity contribution in [1.82, 2.24) is 0 Å². The highest BCUT2D eigenvalue weighted by Crippen LogP contribution is 2.44.